The lowest BCUT2D eigenvalue weighted by molar-refractivity contribution is -0.122. The molecule has 0 unspecified atom stereocenters. The van der Waals surface area contributed by atoms with E-state index in [2.05, 4.69) is 10.3 Å². The van der Waals surface area contributed by atoms with Crippen LogP contribution in [0.15, 0.2) is 12.3 Å². The fraction of sp³-hybridized carbons (Fsp3) is 0.417. The smallest absolute Gasteiger partial charge is 0.256 e. The number of nitrogen functional groups attached to an aromatic ring is 1. The number of nitrogens with two attached hydrogens (primary N) is 1. The van der Waals surface area contributed by atoms with Crippen molar-refractivity contribution in [2.75, 3.05) is 19.3 Å². The highest BCUT2D eigenvalue weighted by Crippen LogP contribution is 2.16. The number of likely N-dealkylation sites (N-methyl/N-ethyl adjacent to an activating group) is 1. The zero-order chi connectivity index (χ0) is 14.6. The number of hydrogen-bond donors (Lipinski definition) is 2. The third kappa shape index (κ3) is 4.40. The molecule has 1 heterocycles. The second kappa shape index (κ2) is 6.38. The van der Waals surface area contributed by atoms with Crippen LogP contribution in [0.25, 0.3) is 0 Å². The Kier molecular flexibility index (Phi) is 5.11. The minimum absolute atomic E-state index is 0.0245. The molecule has 0 aliphatic rings. The summed E-state index contributed by atoms with van der Waals surface area (Å²) in [7, 11) is 1.52. The summed E-state index contributed by atoms with van der Waals surface area (Å²) < 4.78 is 0. The van der Waals surface area contributed by atoms with Crippen LogP contribution in [0, 0.1) is 0 Å². The first kappa shape index (κ1) is 15.2. The number of pyridine rings is 1. The van der Waals surface area contributed by atoms with Crippen LogP contribution in [0.5, 0.6) is 0 Å². The van der Waals surface area contributed by atoms with Gasteiger partial charge < -0.3 is 16.0 Å². The van der Waals surface area contributed by atoms with E-state index < -0.39 is 0 Å². The molecule has 7 heteroatoms. The van der Waals surface area contributed by atoms with Gasteiger partial charge in [0.25, 0.3) is 5.91 Å². The molecule has 0 saturated heterocycles. The van der Waals surface area contributed by atoms with Crippen LogP contribution >= 0.6 is 11.6 Å². The first-order valence-corrected chi connectivity index (χ1v) is 6.15. The Hall–Kier alpha value is -1.82. The number of anilines is 1. The summed E-state index contributed by atoms with van der Waals surface area (Å²) in [5.74, 6) is -0.606. The molecule has 0 bridgehead atoms. The van der Waals surface area contributed by atoms with E-state index in [0.717, 1.165) is 0 Å². The van der Waals surface area contributed by atoms with Gasteiger partial charge in [-0.2, -0.15) is 0 Å². The summed E-state index contributed by atoms with van der Waals surface area (Å²) in [6.07, 6.45) is 1.32. The van der Waals surface area contributed by atoms with E-state index in [0.29, 0.717) is 0 Å². The van der Waals surface area contributed by atoms with Crippen molar-refractivity contribution < 1.29 is 9.59 Å². The van der Waals surface area contributed by atoms with E-state index in [1.54, 1.807) is 0 Å². The third-order valence-electron chi connectivity index (χ3n) is 2.31. The number of amides is 2. The summed E-state index contributed by atoms with van der Waals surface area (Å²) in [5, 5.41) is 2.88. The maximum atomic E-state index is 12.1. The van der Waals surface area contributed by atoms with E-state index in [9.17, 15) is 9.59 Å². The molecular weight excluding hydrogens is 268 g/mol. The number of nitrogens with zero attached hydrogens (tertiary/aromatic N) is 2. The van der Waals surface area contributed by atoms with Gasteiger partial charge in [0.2, 0.25) is 5.91 Å². The van der Waals surface area contributed by atoms with Gasteiger partial charge in [0.1, 0.15) is 5.15 Å². The fourth-order valence-electron chi connectivity index (χ4n) is 1.49. The van der Waals surface area contributed by atoms with Crippen LogP contribution < -0.4 is 11.1 Å². The number of rotatable bonds is 4. The minimum atomic E-state index is -0.374. The predicted molar refractivity (Wildman–Crippen MR) is 73.9 cm³/mol. The van der Waals surface area contributed by atoms with Gasteiger partial charge in [0.15, 0.2) is 0 Å². The molecule has 0 spiro atoms. The third-order valence-corrected chi connectivity index (χ3v) is 2.52. The van der Waals surface area contributed by atoms with Gasteiger partial charge in [-0.25, -0.2) is 4.98 Å². The minimum Gasteiger partial charge on any atom is -0.397 e. The fourth-order valence-corrected chi connectivity index (χ4v) is 1.64. The Morgan fingerprint density at radius 1 is 1.53 bits per heavy atom. The van der Waals surface area contributed by atoms with Crippen LogP contribution in [-0.2, 0) is 4.79 Å². The highest BCUT2D eigenvalue weighted by molar-refractivity contribution is 6.29. The van der Waals surface area contributed by atoms with Crippen LogP contribution in [-0.4, -0.2) is 41.3 Å². The molecule has 0 atom stereocenters. The van der Waals surface area contributed by atoms with Crippen molar-refractivity contribution in [1.82, 2.24) is 15.2 Å². The molecule has 0 fully saturated rings. The molecule has 1 aromatic rings. The van der Waals surface area contributed by atoms with Gasteiger partial charge in [-0.3, -0.25) is 9.59 Å². The number of aromatic nitrogens is 1. The van der Waals surface area contributed by atoms with Gasteiger partial charge in [0.05, 0.1) is 24.0 Å². The Labute approximate surface area is 116 Å². The van der Waals surface area contributed by atoms with Crippen molar-refractivity contribution in [3.63, 3.8) is 0 Å². The molecule has 3 N–H and O–H groups in total. The number of halogens is 1. The first-order chi connectivity index (χ1) is 8.81. The molecule has 19 heavy (non-hydrogen) atoms. The number of nitrogens with one attached hydrogen (secondary N) is 1. The van der Waals surface area contributed by atoms with Crippen LogP contribution in [0.4, 0.5) is 5.69 Å². The lowest BCUT2D eigenvalue weighted by atomic mass is 10.2. The Balaban J connectivity index is 2.77. The largest absolute Gasteiger partial charge is 0.397 e. The Morgan fingerprint density at radius 3 is 2.74 bits per heavy atom. The van der Waals surface area contributed by atoms with Crippen molar-refractivity contribution in [1.29, 1.82) is 0 Å². The molecule has 0 saturated carbocycles. The topological polar surface area (TPSA) is 88.3 Å². The van der Waals surface area contributed by atoms with E-state index in [1.165, 1.54) is 24.2 Å². The summed E-state index contributed by atoms with van der Waals surface area (Å²) in [6.45, 7) is 3.65. The summed E-state index contributed by atoms with van der Waals surface area (Å²) in [4.78, 5) is 28.7. The van der Waals surface area contributed by atoms with Crippen molar-refractivity contribution in [3.8, 4) is 0 Å². The molecule has 6 nitrogen and oxygen atoms in total. The maximum absolute atomic E-state index is 12.1. The van der Waals surface area contributed by atoms with E-state index in [1.807, 2.05) is 13.8 Å². The lowest BCUT2D eigenvalue weighted by Crippen LogP contribution is -2.41. The quantitative estimate of drug-likeness (QED) is 0.805. The first-order valence-electron chi connectivity index (χ1n) is 5.77. The molecule has 1 aromatic heterocycles. The normalized spacial score (nSPS) is 10.4. The van der Waals surface area contributed by atoms with Gasteiger partial charge in [0, 0.05) is 13.1 Å². The van der Waals surface area contributed by atoms with Gasteiger partial charge in [-0.05, 0) is 19.9 Å². The van der Waals surface area contributed by atoms with E-state index in [-0.39, 0.29) is 40.8 Å². The summed E-state index contributed by atoms with van der Waals surface area (Å²) in [5.41, 5.74) is 6.13. The second-order valence-electron chi connectivity index (χ2n) is 4.48. The SMILES string of the molecule is CC(C)NC(=O)CN(C)C(=O)c1cc(Cl)ncc1N. The zero-order valence-electron chi connectivity index (χ0n) is 11.1. The zero-order valence-corrected chi connectivity index (χ0v) is 11.9. The van der Waals surface area contributed by atoms with Crippen molar-refractivity contribution in [3.05, 3.63) is 23.0 Å². The average Bonchev–Trinajstić information content (AvgIpc) is 2.30. The molecule has 2 amide bonds. The van der Waals surface area contributed by atoms with Gasteiger partial charge in [-0.15, -0.1) is 0 Å². The predicted octanol–water partition coefficient (Wildman–Crippen LogP) is 0.914. The van der Waals surface area contributed by atoms with Crippen LogP contribution in [0.2, 0.25) is 5.15 Å². The number of hydrogen-bond acceptors (Lipinski definition) is 4. The van der Waals surface area contributed by atoms with Gasteiger partial charge in [-0.1, -0.05) is 11.6 Å². The van der Waals surface area contributed by atoms with Gasteiger partial charge >= 0.3 is 0 Å². The monoisotopic (exact) mass is 284 g/mol. The second-order valence-corrected chi connectivity index (χ2v) is 4.86. The highest BCUT2D eigenvalue weighted by atomic mass is 35.5. The highest BCUT2D eigenvalue weighted by Gasteiger charge is 2.18. The summed E-state index contributed by atoms with van der Waals surface area (Å²) in [6, 6.07) is 1.41. The molecule has 1 rings (SSSR count). The molecular formula is C12H17ClN4O2. The molecule has 0 radical (unpaired) electrons. The van der Waals surface area contributed by atoms with Crippen molar-refractivity contribution in [2.45, 2.75) is 19.9 Å². The Morgan fingerprint density at radius 2 is 2.16 bits per heavy atom. The molecule has 0 aliphatic heterocycles. The van der Waals surface area contributed by atoms with Crippen LogP contribution in [0.3, 0.4) is 0 Å². The maximum Gasteiger partial charge on any atom is 0.256 e. The van der Waals surface area contributed by atoms with Crippen molar-refractivity contribution in [2.24, 2.45) is 0 Å². The molecule has 104 valence electrons. The van der Waals surface area contributed by atoms with Crippen molar-refractivity contribution >= 4 is 29.1 Å². The molecule has 0 aromatic carbocycles. The van der Waals surface area contributed by atoms with E-state index in [4.69, 9.17) is 17.3 Å². The lowest BCUT2D eigenvalue weighted by Gasteiger charge is -2.18. The average molecular weight is 285 g/mol. The molecule has 0 aliphatic carbocycles. The number of carbonyl (C=O) groups excluding carboxylic acids is 2. The Bertz CT molecular complexity index is 491. The standard InChI is InChI=1S/C12H17ClN4O2/c1-7(2)16-11(18)6-17(3)12(19)8-4-10(13)15-5-9(8)14/h4-5,7H,6,14H2,1-3H3,(H,16,18). The van der Waals surface area contributed by atoms with Crippen LogP contribution in [0.1, 0.15) is 24.2 Å². The summed E-state index contributed by atoms with van der Waals surface area (Å²) >= 11 is 5.72. The van der Waals surface area contributed by atoms with E-state index >= 15 is 0 Å². The number of carbonyl (C=O) groups is 2.